The van der Waals surface area contributed by atoms with Gasteiger partial charge in [0, 0.05) is 12.0 Å². The molecule has 0 N–H and O–H groups in total. The third-order valence-electron chi connectivity index (χ3n) is 2.11. The number of rotatable bonds is 0. The summed E-state index contributed by atoms with van der Waals surface area (Å²) in [6, 6.07) is 0.493. The van der Waals surface area contributed by atoms with Crippen LogP contribution in [0.1, 0.15) is 45.7 Å². The zero-order valence-electron chi connectivity index (χ0n) is 10.4. The topological polar surface area (TPSA) is 27.1 Å². The van der Waals surface area contributed by atoms with Gasteiger partial charge in [0.25, 0.3) is 0 Å². The predicted molar refractivity (Wildman–Crippen MR) is 62.3 cm³/mol. The molecule has 0 radical (unpaired) electrons. The maximum atomic E-state index is 5.47. The van der Waals surface area contributed by atoms with E-state index in [0.29, 0.717) is 6.04 Å². The average molecular weight is 210 g/mol. The van der Waals surface area contributed by atoms with E-state index in [1.165, 1.54) is 0 Å². The number of hydrogen-bond acceptors (Lipinski definition) is 2. The van der Waals surface area contributed by atoms with Crippen molar-refractivity contribution in [1.29, 1.82) is 0 Å². The first-order chi connectivity index (χ1) is 7.02. The molecule has 1 aromatic rings. The molecule has 0 amide bonds. The summed E-state index contributed by atoms with van der Waals surface area (Å²) >= 11 is 0. The van der Waals surface area contributed by atoms with E-state index >= 15 is 0 Å². The summed E-state index contributed by atoms with van der Waals surface area (Å²) in [5.41, 5.74) is 1.14. The van der Waals surface area contributed by atoms with E-state index in [4.69, 9.17) is 4.74 Å². The van der Waals surface area contributed by atoms with E-state index in [-0.39, 0.29) is 0 Å². The van der Waals surface area contributed by atoms with Crippen LogP contribution >= 0.6 is 0 Å². The number of fused-ring (bicyclic) bond motifs is 1. The van der Waals surface area contributed by atoms with Crippen molar-refractivity contribution in [3.8, 4) is 5.88 Å². The summed E-state index contributed by atoms with van der Waals surface area (Å²) in [7, 11) is 0. The quantitative estimate of drug-likeness (QED) is 0.657. The molecule has 86 valence electrons. The van der Waals surface area contributed by atoms with Crippen LogP contribution in [0.3, 0.4) is 0 Å². The molecule has 3 heteroatoms. The minimum Gasteiger partial charge on any atom is -0.478 e. The largest absolute Gasteiger partial charge is 0.478 e. The molecule has 0 saturated carbocycles. The Kier molecular flexibility index (Phi) is 4.18. The average Bonchev–Trinajstić information content (AvgIpc) is 2.49. The van der Waals surface area contributed by atoms with Crippen LogP contribution in [0.2, 0.25) is 0 Å². The zero-order valence-corrected chi connectivity index (χ0v) is 10.4. The number of nitrogens with zero attached hydrogens (tertiary/aromatic N) is 2. The van der Waals surface area contributed by atoms with E-state index < -0.39 is 0 Å². The predicted octanol–water partition coefficient (Wildman–Crippen LogP) is 3.20. The first-order valence-corrected chi connectivity index (χ1v) is 5.69. The van der Waals surface area contributed by atoms with Crippen molar-refractivity contribution in [2.24, 2.45) is 5.92 Å². The van der Waals surface area contributed by atoms with Crippen LogP contribution in [0.15, 0.2) is 6.20 Å². The lowest BCUT2D eigenvalue weighted by molar-refractivity contribution is 0.200. The molecule has 15 heavy (non-hydrogen) atoms. The maximum Gasteiger partial charge on any atom is 0.214 e. The van der Waals surface area contributed by atoms with Gasteiger partial charge in [0.15, 0.2) is 0 Å². The molecule has 2 heterocycles. The van der Waals surface area contributed by atoms with Gasteiger partial charge >= 0.3 is 0 Å². The van der Waals surface area contributed by atoms with Crippen molar-refractivity contribution in [1.82, 2.24) is 9.78 Å². The highest BCUT2D eigenvalue weighted by molar-refractivity contribution is 5.23. The van der Waals surface area contributed by atoms with E-state index in [2.05, 4.69) is 32.8 Å². The second-order valence-corrected chi connectivity index (χ2v) is 4.80. The van der Waals surface area contributed by atoms with Crippen molar-refractivity contribution in [3.05, 3.63) is 11.8 Å². The Balaban J connectivity index is 0.000000245. The van der Waals surface area contributed by atoms with Gasteiger partial charge < -0.3 is 4.74 Å². The third-order valence-corrected chi connectivity index (χ3v) is 2.11. The minimum atomic E-state index is 0.493. The molecular formula is C12H22N2O. The second-order valence-electron chi connectivity index (χ2n) is 4.80. The van der Waals surface area contributed by atoms with Crippen LogP contribution in [0.4, 0.5) is 0 Å². The van der Waals surface area contributed by atoms with Gasteiger partial charge in [-0.1, -0.05) is 20.8 Å². The first kappa shape index (κ1) is 12.1. The number of ether oxygens (including phenoxy) is 1. The Morgan fingerprint density at radius 3 is 2.60 bits per heavy atom. The highest BCUT2D eigenvalue weighted by Gasteiger charge is 2.18. The smallest absolute Gasteiger partial charge is 0.214 e. The molecule has 0 aromatic carbocycles. The Morgan fingerprint density at radius 2 is 2.07 bits per heavy atom. The molecule has 0 aliphatic carbocycles. The van der Waals surface area contributed by atoms with Gasteiger partial charge in [0.05, 0.1) is 18.8 Å². The number of hydrogen-bond donors (Lipinski definition) is 0. The Bertz CT molecular complexity index is 302. The fraction of sp³-hybridized carbons (Fsp3) is 0.750. The van der Waals surface area contributed by atoms with Gasteiger partial charge in [0.2, 0.25) is 5.88 Å². The lowest BCUT2D eigenvalue weighted by atomic mass is 10.2. The molecular weight excluding hydrogens is 188 g/mol. The normalized spacial score (nSPS) is 18.9. The Morgan fingerprint density at radius 1 is 1.47 bits per heavy atom. The van der Waals surface area contributed by atoms with Crippen LogP contribution in [-0.4, -0.2) is 16.4 Å². The van der Waals surface area contributed by atoms with Gasteiger partial charge in [-0.25, -0.2) is 4.68 Å². The summed E-state index contributed by atoms with van der Waals surface area (Å²) in [5, 5.41) is 4.23. The van der Waals surface area contributed by atoms with Crippen molar-refractivity contribution in [3.63, 3.8) is 0 Å². The van der Waals surface area contributed by atoms with Gasteiger partial charge in [-0.15, -0.1) is 0 Å². The first-order valence-electron chi connectivity index (χ1n) is 5.69. The monoisotopic (exact) mass is 210 g/mol. The second kappa shape index (κ2) is 5.19. The van der Waals surface area contributed by atoms with Gasteiger partial charge in [-0.3, -0.25) is 0 Å². The number of aryl methyl sites for hydroxylation is 1. The van der Waals surface area contributed by atoms with E-state index in [9.17, 15) is 0 Å². The fourth-order valence-electron chi connectivity index (χ4n) is 1.38. The summed E-state index contributed by atoms with van der Waals surface area (Å²) in [6.07, 6.45) is 2.92. The van der Waals surface area contributed by atoms with Crippen LogP contribution in [-0.2, 0) is 0 Å². The van der Waals surface area contributed by atoms with Crippen molar-refractivity contribution in [2.45, 2.75) is 47.1 Å². The highest BCUT2D eigenvalue weighted by atomic mass is 16.5. The van der Waals surface area contributed by atoms with Crippen LogP contribution < -0.4 is 4.74 Å². The maximum absolute atomic E-state index is 5.47. The molecule has 3 nitrogen and oxygen atoms in total. The Labute approximate surface area is 92.4 Å². The van der Waals surface area contributed by atoms with Gasteiger partial charge in [-0.2, -0.15) is 5.10 Å². The summed E-state index contributed by atoms with van der Waals surface area (Å²) < 4.78 is 7.42. The standard InChI is InChI=1S/C8H12N2O.C4H10/c1-6-5-9-10-7(2)3-4-11-8(6)10;1-4(2)3/h5,7H,3-4H2,1-2H3;4H,1-3H3. The van der Waals surface area contributed by atoms with Crippen molar-refractivity contribution in [2.75, 3.05) is 6.61 Å². The molecule has 1 atom stereocenters. The molecule has 1 aliphatic heterocycles. The lowest BCUT2D eigenvalue weighted by Gasteiger charge is -2.21. The lowest BCUT2D eigenvalue weighted by Crippen LogP contribution is -2.19. The molecule has 0 spiro atoms. The zero-order chi connectivity index (χ0) is 11.4. The molecule has 1 aliphatic rings. The van der Waals surface area contributed by atoms with Crippen molar-refractivity contribution >= 4 is 0 Å². The number of aromatic nitrogens is 2. The highest BCUT2D eigenvalue weighted by Crippen LogP contribution is 2.27. The third kappa shape index (κ3) is 3.26. The van der Waals surface area contributed by atoms with Gasteiger partial charge in [-0.05, 0) is 19.8 Å². The molecule has 0 bridgehead atoms. The van der Waals surface area contributed by atoms with Gasteiger partial charge in [0.1, 0.15) is 0 Å². The fourth-order valence-corrected chi connectivity index (χ4v) is 1.38. The Hall–Kier alpha value is -0.990. The van der Waals surface area contributed by atoms with E-state index in [1.54, 1.807) is 0 Å². The molecule has 0 fully saturated rings. The summed E-state index contributed by atoms with van der Waals surface area (Å²) in [6.45, 7) is 11.5. The molecule has 1 unspecified atom stereocenters. The molecule has 2 rings (SSSR count). The SMILES string of the molecule is CC(C)C.Cc1cnn2c1OCCC2C. The van der Waals surface area contributed by atoms with E-state index in [0.717, 1.165) is 30.4 Å². The minimum absolute atomic E-state index is 0.493. The van der Waals surface area contributed by atoms with Crippen LogP contribution in [0, 0.1) is 12.8 Å². The summed E-state index contributed by atoms with van der Waals surface area (Å²) in [4.78, 5) is 0. The van der Waals surface area contributed by atoms with Crippen LogP contribution in [0.5, 0.6) is 5.88 Å². The summed E-state index contributed by atoms with van der Waals surface area (Å²) in [5.74, 6) is 1.78. The van der Waals surface area contributed by atoms with Crippen LogP contribution in [0.25, 0.3) is 0 Å². The molecule has 0 saturated heterocycles. The molecule has 1 aromatic heterocycles. The van der Waals surface area contributed by atoms with Crippen molar-refractivity contribution < 1.29 is 4.74 Å². The van der Waals surface area contributed by atoms with E-state index in [1.807, 2.05) is 17.8 Å².